The highest BCUT2D eigenvalue weighted by molar-refractivity contribution is 9.10. The van der Waals surface area contributed by atoms with Crippen molar-refractivity contribution in [2.24, 2.45) is 5.92 Å². The largest absolute Gasteiger partial charge is 0.384 e. The highest BCUT2D eigenvalue weighted by Crippen LogP contribution is 2.25. The molecule has 1 aromatic rings. The van der Waals surface area contributed by atoms with Gasteiger partial charge in [-0.25, -0.2) is 0 Å². The van der Waals surface area contributed by atoms with Gasteiger partial charge in [-0.2, -0.15) is 0 Å². The first kappa shape index (κ1) is 15.2. The highest BCUT2D eigenvalue weighted by atomic mass is 79.9. The molecule has 1 aromatic heterocycles. The summed E-state index contributed by atoms with van der Waals surface area (Å²) in [6, 6.07) is 2.67. The van der Waals surface area contributed by atoms with E-state index >= 15 is 0 Å². The zero-order valence-electron chi connectivity index (χ0n) is 10.8. The van der Waals surface area contributed by atoms with Gasteiger partial charge in [-0.05, 0) is 52.7 Å². The summed E-state index contributed by atoms with van der Waals surface area (Å²) >= 11 is 5.43. The van der Waals surface area contributed by atoms with Gasteiger partial charge in [-0.1, -0.05) is 13.8 Å². The van der Waals surface area contributed by atoms with E-state index in [0.717, 1.165) is 26.0 Å². The number of rotatable bonds is 8. The van der Waals surface area contributed by atoms with E-state index in [1.165, 1.54) is 9.35 Å². The second-order valence-corrected chi connectivity index (χ2v) is 6.30. The van der Waals surface area contributed by atoms with E-state index in [-0.39, 0.29) is 0 Å². The van der Waals surface area contributed by atoms with Crippen LogP contribution in [0.2, 0.25) is 0 Å². The Morgan fingerprint density at radius 2 is 2.29 bits per heavy atom. The van der Waals surface area contributed by atoms with Gasteiger partial charge in [0.25, 0.3) is 0 Å². The van der Waals surface area contributed by atoms with E-state index in [1.54, 1.807) is 7.11 Å². The second-order valence-electron chi connectivity index (χ2n) is 4.45. The van der Waals surface area contributed by atoms with Crippen molar-refractivity contribution in [3.05, 3.63) is 20.8 Å². The number of nitrogens with one attached hydrogen (secondary N) is 1. The molecule has 2 unspecified atom stereocenters. The fraction of sp³-hybridized carbons (Fsp3) is 0.692. The Morgan fingerprint density at radius 1 is 1.53 bits per heavy atom. The van der Waals surface area contributed by atoms with Gasteiger partial charge >= 0.3 is 0 Å². The summed E-state index contributed by atoms with van der Waals surface area (Å²) in [6.45, 7) is 6.27. The lowest BCUT2D eigenvalue weighted by molar-refractivity contribution is 0.149. The van der Waals surface area contributed by atoms with Crippen LogP contribution in [0.25, 0.3) is 0 Å². The summed E-state index contributed by atoms with van der Waals surface area (Å²) < 4.78 is 6.45. The topological polar surface area (TPSA) is 21.3 Å². The van der Waals surface area contributed by atoms with Crippen LogP contribution in [0, 0.1) is 5.92 Å². The molecular formula is C13H22BrNOS. The van der Waals surface area contributed by atoms with E-state index in [9.17, 15) is 0 Å². The van der Waals surface area contributed by atoms with Crippen LogP contribution < -0.4 is 5.32 Å². The van der Waals surface area contributed by atoms with Gasteiger partial charge in [0.15, 0.2) is 0 Å². The number of hydrogen-bond donors (Lipinski definition) is 1. The lowest BCUT2D eigenvalue weighted by Gasteiger charge is -2.21. The summed E-state index contributed by atoms with van der Waals surface area (Å²) in [4.78, 5) is 1.43. The summed E-state index contributed by atoms with van der Waals surface area (Å²) in [7, 11) is 1.77. The highest BCUT2D eigenvalue weighted by Gasteiger charge is 2.15. The lowest BCUT2D eigenvalue weighted by Crippen LogP contribution is -2.33. The minimum Gasteiger partial charge on any atom is -0.384 e. The van der Waals surface area contributed by atoms with Crippen LogP contribution in [0.1, 0.15) is 25.1 Å². The number of hydrogen-bond acceptors (Lipinski definition) is 3. The molecule has 98 valence electrons. The van der Waals surface area contributed by atoms with E-state index in [2.05, 4.69) is 46.5 Å². The minimum atomic E-state index is 0.542. The number of thiophene rings is 1. The predicted octanol–water partition coefficient (Wildman–Crippen LogP) is 3.70. The smallest absolute Gasteiger partial charge is 0.0488 e. The first-order chi connectivity index (χ1) is 8.17. The van der Waals surface area contributed by atoms with E-state index in [0.29, 0.717) is 12.0 Å². The van der Waals surface area contributed by atoms with Crippen LogP contribution in [0.5, 0.6) is 0 Å². The van der Waals surface area contributed by atoms with Crippen molar-refractivity contribution in [1.82, 2.24) is 5.32 Å². The first-order valence-electron chi connectivity index (χ1n) is 6.11. The summed E-state index contributed by atoms with van der Waals surface area (Å²) in [5.41, 5.74) is 0. The molecule has 0 saturated heterocycles. The van der Waals surface area contributed by atoms with E-state index in [1.807, 2.05) is 11.3 Å². The van der Waals surface area contributed by atoms with Gasteiger partial charge in [0, 0.05) is 29.1 Å². The van der Waals surface area contributed by atoms with Crippen molar-refractivity contribution in [3.63, 3.8) is 0 Å². The monoisotopic (exact) mass is 319 g/mol. The summed E-state index contributed by atoms with van der Waals surface area (Å²) in [5.74, 6) is 0.600. The van der Waals surface area contributed by atoms with Crippen LogP contribution in [0.3, 0.4) is 0 Å². The molecular weight excluding hydrogens is 298 g/mol. The van der Waals surface area contributed by atoms with Crippen LogP contribution in [0.4, 0.5) is 0 Å². The fourth-order valence-electron chi connectivity index (χ4n) is 2.06. The maximum Gasteiger partial charge on any atom is 0.0488 e. The number of likely N-dealkylation sites (N-methyl/N-ethyl adjacent to an activating group) is 1. The minimum absolute atomic E-state index is 0.542. The van der Waals surface area contributed by atoms with E-state index in [4.69, 9.17) is 4.74 Å². The average Bonchev–Trinajstić information content (AvgIpc) is 2.65. The van der Waals surface area contributed by atoms with Crippen molar-refractivity contribution in [3.8, 4) is 0 Å². The molecule has 0 spiro atoms. The van der Waals surface area contributed by atoms with Crippen molar-refractivity contribution >= 4 is 27.3 Å². The number of methoxy groups -OCH3 is 1. The fourth-order valence-corrected chi connectivity index (χ4v) is 3.66. The molecule has 0 radical (unpaired) electrons. The Hall–Kier alpha value is 0.1000. The number of halogens is 1. The molecule has 0 bridgehead atoms. The van der Waals surface area contributed by atoms with Crippen molar-refractivity contribution in [2.75, 3.05) is 20.3 Å². The van der Waals surface area contributed by atoms with Gasteiger partial charge < -0.3 is 10.1 Å². The lowest BCUT2D eigenvalue weighted by atomic mass is 9.99. The number of ether oxygens (including phenoxy) is 1. The molecule has 0 saturated carbocycles. The van der Waals surface area contributed by atoms with Gasteiger partial charge in [0.2, 0.25) is 0 Å². The molecule has 2 nitrogen and oxygen atoms in total. The molecule has 0 aliphatic carbocycles. The molecule has 4 heteroatoms. The third kappa shape index (κ3) is 5.51. The Balaban J connectivity index is 2.51. The predicted molar refractivity (Wildman–Crippen MR) is 78.8 cm³/mol. The van der Waals surface area contributed by atoms with Crippen LogP contribution >= 0.6 is 27.3 Å². The standard InChI is InChI=1S/C13H22BrNOS/c1-4-15-11(7-10(2)9-16-3)8-13-12(14)5-6-17-13/h5-6,10-11,15H,4,7-9H2,1-3H3. The molecule has 0 amide bonds. The van der Waals surface area contributed by atoms with Crippen molar-refractivity contribution < 1.29 is 4.74 Å². The molecule has 0 aromatic carbocycles. The summed E-state index contributed by atoms with van der Waals surface area (Å²) in [6.07, 6.45) is 2.26. The van der Waals surface area contributed by atoms with Gasteiger partial charge in [-0.15, -0.1) is 11.3 Å². The van der Waals surface area contributed by atoms with Crippen LogP contribution in [-0.2, 0) is 11.2 Å². The molecule has 0 fully saturated rings. The molecule has 0 aliphatic heterocycles. The zero-order valence-corrected chi connectivity index (χ0v) is 13.2. The Kier molecular flexibility index (Phi) is 7.35. The van der Waals surface area contributed by atoms with Crippen molar-refractivity contribution in [1.29, 1.82) is 0 Å². The van der Waals surface area contributed by atoms with Gasteiger partial charge in [-0.3, -0.25) is 0 Å². The van der Waals surface area contributed by atoms with E-state index < -0.39 is 0 Å². The quantitative estimate of drug-likeness (QED) is 0.788. The summed E-state index contributed by atoms with van der Waals surface area (Å²) in [5, 5.41) is 5.71. The van der Waals surface area contributed by atoms with Crippen LogP contribution in [-0.4, -0.2) is 26.3 Å². The third-order valence-electron chi connectivity index (χ3n) is 2.75. The molecule has 1 N–H and O–H groups in total. The van der Waals surface area contributed by atoms with Gasteiger partial charge in [0.1, 0.15) is 0 Å². The average molecular weight is 320 g/mol. The Bertz CT molecular complexity index is 316. The second kappa shape index (κ2) is 8.25. The zero-order chi connectivity index (χ0) is 12.7. The molecule has 1 rings (SSSR count). The molecule has 2 atom stereocenters. The molecule has 0 aliphatic rings. The third-order valence-corrected chi connectivity index (χ3v) is 4.70. The molecule has 1 heterocycles. The van der Waals surface area contributed by atoms with Crippen molar-refractivity contribution in [2.45, 2.75) is 32.7 Å². The van der Waals surface area contributed by atoms with Gasteiger partial charge in [0.05, 0.1) is 0 Å². The Morgan fingerprint density at radius 3 is 2.82 bits per heavy atom. The van der Waals surface area contributed by atoms with Crippen LogP contribution in [0.15, 0.2) is 15.9 Å². The Labute approximate surface area is 117 Å². The SMILES string of the molecule is CCNC(Cc1sccc1Br)CC(C)COC. The maximum absolute atomic E-state index is 5.21. The molecule has 17 heavy (non-hydrogen) atoms. The normalized spacial score (nSPS) is 14.8. The first-order valence-corrected chi connectivity index (χ1v) is 7.78. The maximum atomic E-state index is 5.21.